The van der Waals surface area contributed by atoms with Gasteiger partial charge in [0.05, 0.1) is 5.56 Å². The first-order valence-electron chi connectivity index (χ1n) is 6.23. The van der Waals surface area contributed by atoms with Gasteiger partial charge in [-0.25, -0.2) is 4.79 Å². The van der Waals surface area contributed by atoms with Crippen LogP contribution < -0.4 is 11.1 Å². The Balaban J connectivity index is 2.21. The van der Waals surface area contributed by atoms with Crippen LogP contribution in [0.1, 0.15) is 28.9 Å². The molecule has 4 nitrogen and oxygen atoms in total. The third-order valence-corrected chi connectivity index (χ3v) is 3.66. The van der Waals surface area contributed by atoms with Gasteiger partial charge in [-0.3, -0.25) is 0 Å². The normalized spacial score (nSPS) is 12.0. The standard InChI is InChI=1S/C15H14Cl2N2O2/c1-8(11-4-2-9(16)6-13(11)17)19-10-3-5-12(15(20)21)14(18)7-10/h2-8,19H,18H2,1H3,(H,20,21). The van der Waals surface area contributed by atoms with E-state index in [0.29, 0.717) is 10.0 Å². The summed E-state index contributed by atoms with van der Waals surface area (Å²) in [6.45, 7) is 1.94. The van der Waals surface area contributed by atoms with Crippen molar-refractivity contribution in [1.29, 1.82) is 0 Å². The molecule has 0 fully saturated rings. The van der Waals surface area contributed by atoms with Crippen LogP contribution in [0, 0.1) is 0 Å². The first kappa shape index (κ1) is 15.5. The Morgan fingerprint density at radius 2 is 1.95 bits per heavy atom. The molecule has 0 saturated heterocycles. The van der Waals surface area contributed by atoms with Crippen LogP contribution in [0.25, 0.3) is 0 Å². The second-order valence-electron chi connectivity index (χ2n) is 4.64. The van der Waals surface area contributed by atoms with Gasteiger partial charge in [-0.2, -0.15) is 0 Å². The number of halogens is 2. The van der Waals surface area contributed by atoms with Crippen molar-refractivity contribution in [3.8, 4) is 0 Å². The zero-order valence-corrected chi connectivity index (χ0v) is 12.7. The molecule has 2 aromatic rings. The van der Waals surface area contributed by atoms with Gasteiger partial charge in [-0.1, -0.05) is 29.3 Å². The van der Waals surface area contributed by atoms with Crippen molar-refractivity contribution in [2.75, 3.05) is 11.1 Å². The number of anilines is 2. The molecule has 0 aromatic heterocycles. The zero-order valence-electron chi connectivity index (χ0n) is 11.2. The first-order chi connectivity index (χ1) is 9.88. The number of nitrogens with two attached hydrogens (primary N) is 1. The molecular formula is C15H14Cl2N2O2. The molecule has 1 atom stereocenters. The maximum Gasteiger partial charge on any atom is 0.337 e. The van der Waals surface area contributed by atoms with Gasteiger partial charge in [-0.05, 0) is 42.8 Å². The van der Waals surface area contributed by atoms with Crippen LogP contribution in [-0.2, 0) is 0 Å². The molecule has 0 saturated carbocycles. The van der Waals surface area contributed by atoms with Crippen molar-refractivity contribution in [2.45, 2.75) is 13.0 Å². The van der Waals surface area contributed by atoms with Crippen LogP contribution in [0.2, 0.25) is 10.0 Å². The fourth-order valence-electron chi connectivity index (χ4n) is 2.03. The van der Waals surface area contributed by atoms with Crippen LogP contribution >= 0.6 is 23.2 Å². The molecule has 0 bridgehead atoms. The zero-order chi connectivity index (χ0) is 15.6. The van der Waals surface area contributed by atoms with E-state index in [2.05, 4.69) is 5.32 Å². The Kier molecular flexibility index (Phi) is 4.60. The predicted molar refractivity (Wildman–Crippen MR) is 86.3 cm³/mol. The highest BCUT2D eigenvalue weighted by Crippen LogP contribution is 2.29. The fourth-order valence-corrected chi connectivity index (χ4v) is 2.60. The summed E-state index contributed by atoms with van der Waals surface area (Å²) < 4.78 is 0. The summed E-state index contributed by atoms with van der Waals surface area (Å²) in [4.78, 5) is 10.9. The maximum absolute atomic E-state index is 10.9. The molecule has 0 amide bonds. The molecule has 0 radical (unpaired) electrons. The SMILES string of the molecule is CC(Nc1ccc(C(=O)O)c(N)c1)c1ccc(Cl)cc1Cl. The number of benzene rings is 2. The predicted octanol–water partition coefficient (Wildman–Crippen LogP) is 4.45. The van der Waals surface area contributed by atoms with Gasteiger partial charge in [0.1, 0.15) is 0 Å². The quantitative estimate of drug-likeness (QED) is 0.726. The van der Waals surface area contributed by atoms with E-state index < -0.39 is 5.97 Å². The molecule has 2 aromatic carbocycles. The molecule has 0 aliphatic heterocycles. The first-order valence-corrected chi connectivity index (χ1v) is 6.98. The number of carboxylic acid groups (broad SMARTS) is 1. The van der Waals surface area contributed by atoms with Gasteiger partial charge in [0.2, 0.25) is 0 Å². The van der Waals surface area contributed by atoms with Crippen molar-refractivity contribution in [3.05, 3.63) is 57.6 Å². The number of rotatable bonds is 4. The van der Waals surface area contributed by atoms with Crippen LogP contribution in [0.3, 0.4) is 0 Å². The minimum atomic E-state index is -1.05. The highest BCUT2D eigenvalue weighted by atomic mass is 35.5. The molecule has 0 aliphatic rings. The lowest BCUT2D eigenvalue weighted by molar-refractivity contribution is 0.0698. The Morgan fingerprint density at radius 1 is 1.24 bits per heavy atom. The van der Waals surface area contributed by atoms with E-state index in [1.807, 2.05) is 13.0 Å². The minimum Gasteiger partial charge on any atom is -0.478 e. The lowest BCUT2D eigenvalue weighted by atomic mass is 10.1. The monoisotopic (exact) mass is 324 g/mol. The van der Waals surface area contributed by atoms with E-state index in [-0.39, 0.29) is 17.3 Å². The van der Waals surface area contributed by atoms with Crippen molar-refractivity contribution in [1.82, 2.24) is 0 Å². The number of nitrogens with one attached hydrogen (secondary N) is 1. The molecule has 4 N–H and O–H groups in total. The number of hydrogen-bond acceptors (Lipinski definition) is 3. The van der Waals surface area contributed by atoms with Crippen molar-refractivity contribution in [3.63, 3.8) is 0 Å². The number of carboxylic acids is 1. The topological polar surface area (TPSA) is 75.3 Å². The summed E-state index contributed by atoms with van der Waals surface area (Å²) in [5.74, 6) is -1.05. The lowest BCUT2D eigenvalue weighted by Crippen LogP contribution is -2.09. The van der Waals surface area contributed by atoms with Crippen LogP contribution in [0.5, 0.6) is 0 Å². The van der Waals surface area contributed by atoms with Crippen molar-refractivity contribution >= 4 is 40.5 Å². The highest BCUT2D eigenvalue weighted by molar-refractivity contribution is 6.35. The summed E-state index contributed by atoms with van der Waals surface area (Å²) in [6, 6.07) is 9.93. The Morgan fingerprint density at radius 3 is 2.52 bits per heavy atom. The molecule has 1 unspecified atom stereocenters. The van der Waals surface area contributed by atoms with Gasteiger partial charge in [0.25, 0.3) is 0 Å². The number of aromatic carboxylic acids is 1. The lowest BCUT2D eigenvalue weighted by Gasteiger charge is -2.18. The minimum absolute atomic E-state index is 0.0788. The second kappa shape index (κ2) is 6.24. The largest absolute Gasteiger partial charge is 0.478 e. The van der Waals surface area contributed by atoms with E-state index in [1.54, 1.807) is 24.3 Å². The molecule has 2 rings (SSSR count). The fraction of sp³-hybridized carbons (Fsp3) is 0.133. The Bertz CT molecular complexity index is 689. The number of hydrogen-bond donors (Lipinski definition) is 3. The maximum atomic E-state index is 10.9. The van der Waals surface area contributed by atoms with E-state index >= 15 is 0 Å². The Hall–Kier alpha value is -1.91. The summed E-state index contributed by atoms with van der Waals surface area (Å²) >= 11 is 12.0. The second-order valence-corrected chi connectivity index (χ2v) is 5.48. The molecule has 0 aliphatic carbocycles. The van der Waals surface area contributed by atoms with Gasteiger partial charge in [0.15, 0.2) is 0 Å². The van der Waals surface area contributed by atoms with Crippen LogP contribution in [0.4, 0.5) is 11.4 Å². The number of carbonyl (C=O) groups is 1. The summed E-state index contributed by atoms with van der Waals surface area (Å²) in [5, 5.41) is 13.3. The van der Waals surface area contributed by atoms with E-state index in [4.69, 9.17) is 34.0 Å². The summed E-state index contributed by atoms with van der Waals surface area (Å²) in [7, 11) is 0. The summed E-state index contributed by atoms with van der Waals surface area (Å²) in [5.41, 5.74) is 7.62. The van der Waals surface area contributed by atoms with Gasteiger partial charge >= 0.3 is 5.97 Å². The molecule has 0 spiro atoms. The van der Waals surface area contributed by atoms with Gasteiger partial charge in [-0.15, -0.1) is 0 Å². The highest BCUT2D eigenvalue weighted by Gasteiger charge is 2.12. The van der Waals surface area contributed by atoms with Crippen LogP contribution in [0.15, 0.2) is 36.4 Å². The van der Waals surface area contributed by atoms with E-state index in [1.165, 1.54) is 6.07 Å². The van der Waals surface area contributed by atoms with Crippen molar-refractivity contribution in [2.24, 2.45) is 0 Å². The van der Waals surface area contributed by atoms with E-state index in [9.17, 15) is 4.79 Å². The third-order valence-electron chi connectivity index (χ3n) is 3.09. The Labute approximate surface area is 132 Å². The number of nitrogen functional groups attached to an aromatic ring is 1. The third kappa shape index (κ3) is 3.60. The van der Waals surface area contributed by atoms with Crippen LogP contribution in [-0.4, -0.2) is 11.1 Å². The van der Waals surface area contributed by atoms with Gasteiger partial charge in [0, 0.05) is 27.5 Å². The molecular weight excluding hydrogens is 311 g/mol. The smallest absolute Gasteiger partial charge is 0.337 e. The van der Waals surface area contributed by atoms with E-state index in [0.717, 1.165) is 11.3 Å². The van der Waals surface area contributed by atoms with Gasteiger partial charge < -0.3 is 16.2 Å². The molecule has 110 valence electrons. The molecule has 0 heterocycles. The van der Waals surface area contributed by atoms with Crippen molar-refractivity contribution < 1.29 is 9.90 Å². The summed E-state index contributed by atoms with van der Waals surface area (Å²) in [6.07, 6.45) is 0. The average Bonchev–Trinajstić information content (AvgIpc) is 2.37. The average molecular weight is 325 g/mol. The molecule has 21 heavy (non-hydrogen) atoms. The molecule has 6 heteroatoms.